The Morgan fingerprint density at radius 1 is 1.12 bits per heavy atom. The third kappa shape index (κ3) is 3.54. The summed E-state index contributed by atoms with van der Waals surface area (Å²) in [6.07, 6.45) is 5.20. The molecule has 2 heterocycles. The molecule has 2 aromatic carbocycles. The second-order valence-electron chi connectivity index (χ2n) is 5.77. The number of pyridine rings is 1. The van der Waals surface area contributed by atoms with Gasteiger partial charge >= 0.3 is 0 Å². The van der Waals surface area contributed by atoms with Gasteiger partial charge in [-0.05, 0) is 42.0 Å². The maximum atomic E-state index is 12.5. The third-order valence-corrected chi connectivity index (χ3v) is 3.87. The number of fused-ring (bicyclic) bond motifs is 1. The minimum Gasteiger partial charge on any atom is -0.454 e. The van der Waals surface area contributed by atoms with Crippen molar-refractivity contribution in [2.24, 2.45) is 0 Å². The molecule has 0 unspecified atom stereocenters. The van der Waals surface area contributed by atoms with Crippen molar-refractivity contribution in [1.82, 2.24) is 15.0 Å². The van der Waals surface area contributed by atoms with Gasteiger partial charge in [0.2, 0.25) is 5.91 Å². The Bertz CT molecular complexity index is 1040. The molecule has 0 fully saturated rings. The number of amides is 1. The summed E-state index contributed by atoms with van der Waals surface area (Å²) in [5.74, 6) is 1.06. The molecule has 0 aliphatic rings. The van der Waals surface area contributed by atoms with Crippen molar-refractivity contribution in [3.05, 3.63) is 78.9 Å². The molecule has 1 amide bonds. The van der Waals surface area contributed by atoms with Gasteiger partial charge in [-0.2, -0.15) is 0 Å². The van der Waals surface area contributed by atoms with Crippen molar-refractivity contribution in [1.29, 1.82) is 0 Å². The molecule has 0 saturated heterocycles. The molecule has 0 aliphatic carbocycles. The summed E-state index contributed by atoms with van der Waals surface area (Å²) in [6.45, 7) is 0. The van der Waals surface area contributed by atoms with E-state index in [2.05, 4.69) is 20.3 Å². The lowest BCUT2D eigenvalue weighted by atomic mass is 10.1. The Kier molecular flexibility index (Phi) is 4.30. The summed E-state index contributed by atoms with van der Waals surface area (Å²) in [6, 6.07) is 16.7. The van der Waals surface area contributed by atoms with Crippen LogP contribution in [0, 0.1) is 0 Å². The minimum absolute atomic E-state index is 0.119. The number of hydrogen-bond donors (Lipinski definition) is 2. The van der Waals surface area contributed by atoms with E-state index in [1.54, 1.807) is 30.9 Å². The molecule has 4 aromatic rings. The topological polar surface area (TPSA) is 79.9 Å². The number of carbonyl (C=O) groups excluding carboxylic acids is 1. The highest BCUT2D eigenvalue weighted by atomic mass is 16.5. The third-order valence-electron chi connectivity index (χ3n) is 3.87. The summed E-state index contributed by atoms with van der Waals surface area (Å²) in [5, 5.41) is 2.91. The van der Waals surface area contributed by atoms with Crippen molar-refractivity contribution in [3.8, 4) is 11.5 Å². The molecule has 2 aromatic heterocycles. The number of nitrogens with one attached hydrogen (secondary N) is 2. The molecule has 0 atom stereocenters. The van der Waals surface area contributed by atoms with E-state index in [0.717, 1.165) is 16.6 Å². The van der Waals surface area contributed by atoms with E-state index in [1.165, 1.54) is 0 Å². The second-order valence-corrected chi connectivity index (χ2v) is 5.77. The van der Waals surface area contributed by atoms with Crippen LogP contribution in [0.3, 0.4) is 0 Å². The molecule has 0 saturated carbocycles. The minimum atomic E-state index is -0.119. The summed E-state index contributed by atoms with van der Waals surface area (Å²) in [7, 11) is 0. The van der Waals surface area contributed by atoms with Crippen LogP contribution in [0.25, 0.3) is 11.0 Å². The molecule has 6 nitrogen and oxygen atoms in total. The van der Waals surface area contributed by atoms with Crippen LogP contribution in [0.2, 0.25) is 0 Å². The summed E-state index contributed by atoms with van der Waals surface area (Å²) in [5.41, 5.74) is 3.31. The molecular weight excluding hydrogens is 328 g/mol. The first-order chi connectivity index (χ1) is 12.8. The van der Waals surface area contributed by atoms with Crippen LogP contribution in [0.4, 0.5) is 5.69 Å². The quantitative estimate of drug-likeness (QED) is 0.575. The normalized spacial score (nSPS) is 10.6. The number of benzene rings is 2. The Balaban J connectivity index is 1.48. The van der Waals surface area contributed by atoms with E-state index >= 15 is 0 Å². The van der Waals surface area contributed by atoms with Gasteiger partial charge in [-0.3, -0.25) is 9.78 Å². The van der Waals surface area contributed by atoms with Crippen LogP contribution in [-0.2, 0) is 11.2 Å². The second kappa shape index (κ2) is 7.06. The first-order valence-corrected chi connectivity index (χ1v) is 8.17. The largest absolute Gasteiger partial charge is 0.454 e. The highest BCUT2D eigenvalue weighted by Crippen LogP contribution is 2.28. The molecule has 26 heavy (non-hydrogen) atoms. The van der Waals surface area contributed by atoms with E-state index in [9.17, 15) is 4.79 Å². The number of anilines is 1. The lowest BCUT2D eigenvalue weighted by molar-refractivity contribution is -0.115. The Labute approximate surface area is 149 Å². The molecular formula is C20H16N4O2. The van der Waals surface area contributed by atoms with Crippen molar-refractivity contribution < 1.29 is 9.53 Å². The van der Waals surface area contributed by atoms with Gasteiger partial charge in [0.1, 0.15) is 5.75 Å². The smallest absolute Gasteiger partial charge is 0.228 e. The van der Waals surface area contributed by atoms with Crippen LogP contribution in [0.15, 0.2) is 73.3 Å². The molecule has 0 spiro atoms. The molecule has 4 rings (SSSR count). The van der Waals surface area contributed by atoms with Crippen molar-refractivity contribution in [2.45, 2.75) is 6.42 Å². The zero-order valence-corrected chi connectivity index (χ0v) is 13.8. The summed E-state index contributed by atoms with van der Waals surface area (Å²) >= 11 is 0. The van der Waals surface area contributed by atoms with E-state index in [-0.39, 0.29) is 12.3 Å². The number of imidazole rings is 1. The van der Waals surface area contributed by atoms with Gasteiger partial charge in [0.05, 0.1) is 35.7 Å². The number of rotatable bonds is 5. The van der Waals surface area contributed by atoms with Gasteiger partial charge in [0.25, 0.3) is 0 Å². The molecule has 6 heteroatoms. The zero-order valence-electron chi connectivity index (χ0n) is 13.8. The Morgan fingerprint density at radius 2 is 2.04 bits per heavy atom. The SMILES string of the molecule is O=C(Cc1ccc2nc[nH]c2c1)Nc1ccccc1Oc1cccnc1. The number of H-pyrrole nitrogens is 1. The van der Waals surface area contributed by atoms with E-state index in [1.807, 2.05) is 42.5 Å². The Morgan fingerprint density at radius 3 is 2.92 bits per heavy atom. The van der Waals surface area contributed by atoms with Crippen molar-refractivity contribution in [2.75, 3.05) is 5.32 Å². The summed E-state index contributed by atoms with van der Waals surface area (Å²) < 4.78 is 5.82. The van der Waals surface area contributed by atoms with E-state index in [0.29, 0.717) is 17.2 Å². The Hall–Kier alpha value is -3.67. The molecule has 0 radical (unpaired) electrons. The first kappa shape index (κ1) is 15.8. The monoisotopic (exact) mass is 344 g/mol. The summed E-state index contributed by atoms with van der Waals surface area (Å²) in [4.78, 5) is 23.7. The molecule has 128 valence electrons. The maximum absolute atomic E-state index is 12.5. The van der Waals surface area contributed by atoms with E-state index < -0.39 is 0 Å². The van der Waals surface area contributed by atoms with Gasteiger partial charge in [0.15, 0.2) is 5.75 Å². The highest BCUT2D eigenvalue weighted by Gasteiger charge is 2.10. The van der Waals surface area contributed by atoms with Gasteiger partial charge in [0, 0.05) is 6.20 Å². The van der Waals surface area contributed by atoms with E-state index in [4.69, 9.17) is 4.74 Å². The predicted molar refractivity (Wildman–Crippen MR) is 99.2 cm³/mol. The van der Waals surface area contributed by atoms with Gasteiger partial charge < -0.3 is 15.0 Å². The first-order valence-electron chi connectivity index (χ1n) is 8.17. The van der Waals surface area contributed by atoms with Crippen LogP contribution in [-0.4, -0.2) is 20.9 Å². The van der Waals surface area contributed by atoms with Gasteiger partial charge in [-0.25, -0.2) is 4.98 Å². The highest BCUT2D eigenvalue weighted by molar-refractivity contribution is 5.94. The molecule has 0 aliphatic heterocycles. The standard InChI is InChI=1S/C20H16N4O2/c25-20(11-14-7-8-16-18(10-14)23-13-22-16)24-17-5-1-2-6-19(17)26-15-4-3-9-21-12-15/h1-10,12-13H,11H2,(H,22,23)(H,24,25). The average Bonchev–Trinajstić information content (AvgIpc) is 3.12. The lowest BCUT2D eigenvalue weighted by Gasteiger charge is -2.12. The number of aromatic nitrogens is 3. The van der Waals surface area contributed by atoms with Gasteiger partial charge in [-0.1, -0.05) is 18.2 Å². The number of nitrogens with zero attached hydrogens (tertiary/aromatic N) is 2. The number of aromatic amines is 1. The predicted octanol–water partition coefficient (Wildman–Crippen LogP) is 3.93. The fourth-order valence-electron chi connectivity index (χ4n) is 2.67. The number of ether oxygens (including phenoxy) is 1. The number of para-hydroxylation sites is 2. The molecule has 2 N–H and O–H groups in total. The molecule has 0 bridgehead atoms. The average molecular weight is 344 g/mol. The van der Waals surface area contributed by atoms with Crippen LogP contribution in [0.1, 0.15) is 5.56 Å². The maximum Gasteiger partial charge on any atom is 0.228 e. The van der Waals surface area contributed by atoms with Gasteiger partial charge in [-0.15, -0.1) is 0 Å². The van der Waals surface area contributed by atoms with Crippen molar-refractivity contribution >= 4 is 22.6 Å². The van der Waals surface area contributed by atoms with Crippen LogP contribution >= 0.6 is 0 Å². The fourth-order valence-corrected chi connectivity index (χ4v) is 2.67. The van der Waals surface area contributed by atoms with Crippen LogP contribution in [0.5, 0.6) is 11.5 Å². The number of hydrogen-bond acceptors (Lipinski definition) is 4. The van der Waals surface area contributed by atoms with Crippen LogP contribution < -0.4 is 10.1 Å². The fraction of sp³-hybridized carbons (Fsp3) is 0.0500. The number of carbonyl (C=O) groups is 1. The van der Waals surface area contributed by atoms with Crippen molar-refractivity contribution in [3.63, 3.8) is 0 Å². The lowest BCUT2D eigenvalue weighted by Crippen LogP contribution is -2.14. The zero-order chi connectivity index (χ0) is 17.8.